The van der Waals surface area contributed by atoms with Gasteiger partial charge in [0, 0.05) is 19.2 Å². The van der Waals surface area contributed by atoms with Gasteiger partial charge in [0.2, 0.25) is 10.0 Å². The van der Waals surface area contributed by atoms with E-state index in [1.165, 1.54) is 50.6 Å². The summed E-state index contributed by atoms with van der Waals surface area (Å²) in [6.07, 6.45) is 0. The van der Waals surface area contributed by atoms with Gasteiger partial charge in [-0.2, -0.15) is 9.57 Å². The molecule has 0 saturated carbocycles. The zero-order valence-corrected chi connectivity index (χ0v) is 19.5. The lowest BCUT2D eigenvalue weighted by atomic mass is 10.00. The van der Waals surface area contributed by atoms with Crippen molar-refractivity contribution < 1.29 is 36.6 Å². The molecule has 3 rings (SSSR count). The number of carbonyl (C=O) groups is 1. The number of aliphatic carboxylic acids is 1. The quantitative estimate of drug-likeness (QED) is 0.473. The number of rotatable bonds is 9. The normalized spacial score (nSPS) is 11.2. The molecule has 35 heavy (non-hydrogen) atoms. The van der Waals surface area contributed by atoms with Crippen LogP contribution in [0.2, 0.25) is 0 Å². The highest BCUT2D eigenvalue weighted by atomic mass is 32.2. The molecule has 0 spiro atoms. The maximum atomic E-state index is 14.1. The van der Waals surface area contributed by atoms with Gasteiger partial charge in [-0.05, 0) is 59.7 Å². The van der Waals surface area contributed by atoms with E-state index in [-0.39, 0.29) is 39.6 Å². The second kappa shape index (κ2) is 10.5. The standard InChI is InChI=1S/C24H20F2N2O6S/c1-28(35(31,32)19-4-6-23(33-2)21(26)11-19)13-15-3-5-22(34-14-24(29)30)20(9-15)17-7-16(12-27)8-18(25)10-17/h3-11H,13-14H2,1-2H3,(H,29,30). The number of benzene rings is 3. The summed E-state index contributed by atoms with van der Waals surface area (Å²) in [6.45, 7) is -0.813. The van der Waals surface area contributed by atoms with Gasteiger partial charge < -0.3 is 14.6 Å². The first-order valence-corrected chi connectivity index (χ1v) is 11.5. The third-order valence-electron chi connectivity index (χ3n) is 4.97. The summed E-state index contributed by atoms with van der Waals surface area (Å²) < 4.78 is 65.2. The third-order valence-corrected chi connectivity index (χ3v) is 6.77. The van der Waals surface area contributed by atoms with Gasteiger partial charge in [0.1, 0.15) is 11.6 Å². The Hall–Kier alpha value is -4.01. The number of nitrogens with zero attached hydrogens (tertiary/aromatic N) is 2. The second-order valence-corrected chi connectivity index (χ2v) is 9.46. The maximum absolute atomic E-state index is 14.1. The summed E-state index contributed by atoms with van der Waals surface area (Å²) in [4.78, 5) is 10.7. The Balaban J connectivity index is 1.99. The molecule has 182 valence electrons. The molecule has 0 atom stereocenters. The van der Waals surface area contributed by atoms with E-state index in [2.05, 4.69) is 0 Å². The first kappa shape index (κ1) is 25.6. The highest BCUT2D eigenvalue weighted by molar-refractivity contribution is 7.89. The molecule has 0 bridgehead atoms. The Morgan fingerprint density at radius 1 is 1.09 bits per heavy atom. The molecule has 0 unspecified atom stereocenters. The van der Waals surface area contributed by atoms with Crippen molar-refractivity contribution in [3.8, 4) is 28.7 Å². The van der Waals surface area contributed by atoms with Crippen molar-refractivity contribution in [2.45, 2.75) is 11.4 Å². The number of carboxylic acids is 1. The molecule has 0 amide bonds. The third kappa shape index (κ3) is 5.92. The molecule has 8 nitrogen and oxygen atoms in total. The van der Waals surface area contributed by atoms with Gasteiger partial charge in [0.25, 0.3) is 0 Å². The fourth-order valence-electron chi connectivity index (χ4n) is 3.31. The summed E-state index contributed by atoms with van der Waals surface area (Å²) in [5.74, 6) is -2.73. The topological polar surface area (TPSA) is 117 Å². The van der Waals surface area contributed by atoms with Crippen LogP contribution >= 0.6 is 0 Å². The highest BCUT2D eigenvalue weighted by Gasteiger charge is 2.23. The molecule has 0 heterocycles. The van der Waals surface area contributed by atoms with E-state index in [4.69, 9.17) is 19.8 Å². The molecule has 0 radical (unpaired) electrons. The van der Waals surface area contributed by atoms with Gasteiger partial charge in [-0.25, -0.2) is 22.0 Å². The van der Waals surface area contributed by atoms with Crippen LogP contribution in [0.4, 0.5) is 8.78 Å². The first-order chi connectivity index (χ1) is 16.5. The molecule has 3 aromatic carbocycles. The van der Waals surface area contributed by atoms with E-state index in [0.29, 0.717) is 5.56 Å². The Kier molecular flexibility index (Phi) is 7.68. The van der Waals surface area contributed by atoms with Crippen LogP contribution in [0.25, 0.3) is 11.1 Å². The van der Waals surface area contributed by atoms with Crippen LogP contribution in [0, 0.1) is 23.0 Å². The van der Waals surface area contributed by atoms with E-state index in [1.54, 1.807) is 0 Å². The molecule has 0 aliphatic heterocycles. The van der Waals surface area contributed by atoms with Gasteiger partial charge >= 0.3 is 5.97 Å². The number of sulfonamides is 1. The molecule has 0 fully saturated rings. The fourth-order valence-corrected chi connectivity index (χ4v) is 4.48. The van der Waals surface area contributed by atoms with E-state index in [0.717, 1.165) is 22.5 Å². The number of ether oxygens (including phenoxy) is 2. The molecule has 1 N–H and O–H groups in total. The number of carboxylic acid groups (broad SMARTS) is 1. The van der Waals surface area contributed by atoms with Crippen molar-refractivity contribution in [2.75, 3.05) is 20.8 Å². The number of methoxy groups -OCH3 is 1. The van der Waals surface area contributed by atoms with E-state index in [9.17, 15) is 22.0 Å². The average Bonchev–Trinajstić information content (AvgIpc) is 2.82. The maximum Gasteiger partial charge on any atom is 0.341 e. The van der Waals surface area contributed by atoms with Crippen LogP contribution in [0.5, 0.6) is 11.5 Å². The number of hydrogen-bond acceptors (Lipinski definition) is 6. The van der Waals surface area contributed by atoms with Crippen molar-refractivity contribution >= 4 is 16.0 Å². The molecule has 0 aliphatic carbocycles. The van der Waals surface area contributed by atoms with Crippen LogP contribution in [0.3, 0.4) is 0 Å². The number of halogens is 2. The van der Waals surface area contributed by atoms with Crippen molar-refractivity contribution in [1.82, 2.24) is 4.31 Å². The largest absolute Gasteiger partial charge is 0.494 e. The Morgan fingerprint density at radius 3 is 2.43 bits per heavy atom. The Labute approximate surface area is 200 Å². The molecular formula is C24H20F2N2O6S. The van der Waals surface area contributed by atoms with Gasteiger partial charge in [-0.3, -0.25) is 0 Å². The SMILES string of the molecule is COc1ccc(S(=O)(=O)N(C)Cc2ccc(OCC(=O)O)c(-c3cc(F)cc(C#N)c3)c2)cc1F. The highest BCUT2D eigenvalue weighted by Crippen LogP contribution is 2.33. The monoisotopic (exact) mass is 502 g/mol. The van der Waals surface area contributed by atoms with Crippen molar-refractivity contribution in [2.24, 2.45) is 0 Å². The van der Waals surface area contributed by atoms with Crippen LogP contribution in [0.1, 0.15) is 11.1 Å². The molecule has 0 saturated heterocycles. The van der Waals surface area contributed by atoms with Gasteiger partial charge in [-0.1, -0.05) is 6.07 Å². The van der Waals surface area contributed by atoms with Gasteiger partial charge in [0.15, 0.2) is 18.2 Å². The van der Waals surface area contributed by atoms with Crippen molar-refractivity contribution in [3.05, 3.63) is 77.4 Å². The van der Waals surface area contributed by atoms with Crippen LogP contribution < -0.4 is 9.47 Å². The number of nitriles is 1. The smallest absolute Gasteiger partial charge is 0.341 e. The lowest BCUT2D eigenvalue weighted by Gasteiger charge is -2.19. The molecule has 3 aromatic rings. The summed E-state index contributed by atoms with van der Waals surface area (Å²) in [5.41, 5.74) is 0.994. The van der Waals surface area contributed by atoms with Crippen LogP contribution in [-0.2, 0) is 21.4 Å². The predicted molar refractivity (Wildman–Crippen MR) is 121 cm³/mol. The first-order valence-electron chi connectivity index (χ1n) is 10.0. The van der Waals surface area contributed by atoms with Crippen molar-refractivity contribution in [3.63, 3.8) is 0 Å². The van der Waals surface area contributed by atoms with E-state index >= 15 is 0 Å². The van der Waals surface area contributed by atoms with Crippen LogP contribution in [0.15, 0.2) is 59.5 Å². The molecular weight excluding hydrogens is 482 g/mol. The zero-order valence-electron chi connectivity index (χ0n) is 18.7. The summed E-state index contributed by atoms with van der Waals surface area (Å²) in [7, 11) is -1.52. The minimum atomic E-state index is -4.09. The Bertz CT molecular complexity index is 1420. The summed E-state index contributed by atoms with van der Waals surface area (Å²) in [6, 6.07) is 13.2. The lowest BCUT2D eigenvalue weighted by molar-refractivity contribution is -0.139. The Morgan fingerprint density at radius 2 is 1.80 bits per heavy atom. The van der Waals surface area contributed by atoms with E-state index < -0.39 is 34.2 Å². The average molecular weight is 502 g/mol. The molecule has 0 aromatic heterocycles. The van der Waals surface area contributed by atoms with Gasteiger partial charge in [0.05, 0.1) is 23.6 Å². The van der Waals surface area contributed by atoms with Crippen LogP contribution in [-0.4, -0.2) is 44.6 Å². The minimum Gasteiger partial charge on any atom is -0.494 e. The zero-order chi connectivity index (χ0) is 25.8. The fraction of sp³-hybridized carbons (Fsp3) is 0.167. The molecule has 11 heteroatoms. The van der Waals surface area contributed by atoms with E-state index in [1.807, 2.05) is 6.07 Å². The van der Waals surface area contributed by atoms with Gasteiger partial charge in [-0.15, -0.1) is 0 Å². The second-order valence-electron chi connectivity index (χ2n) is 7.41. The summed E-state index contributed by atoms with van der Waals surface area (Å²) >= 11 is 0. The minimum absolute atomic E-state index is 0.0378. The molecule has 0 aliphatic rings. The summed E-state index contributed by atoms with van der Waals surface area (Å²) in [5, 5.41) is 18.1. The lowest BCUT2D eigenvalue weighted by Crippen LogP contribution is -2.26. The number of hydrogen-bond donors (Lipinski definition) is 1. The predicted octanol–water partition coefficient (Wildman–Crippen LogP) is 3.80. The van der Waals surface area contributed by atoms with Crippen molar-refractivity contribution in [1.29, 1.82) is 5.26 Å².